The van der Waals surface area contributed by atoms with Crippen LogP contribution in [0.15, 0.2) is 53.4 Å². The standard InChI is InChI=1S/C16H17N3O4S/c20-19(21)13-5-3-6-14(10-13)24(22,23)18-11-16-15-7-2-1-4-12(15)8-9-17-16/h1-7,10,16-18H,8-9,11H2. The third kappa shape index (κ3) is 3.45. The molecule has 2 aromatic carbocycles. The van der Waals surface area contributed by atoms with E-state index in [0.717, 1.165) is 24.6 Å². The molecule has 1 aliphatic rings. The molecule has 1 aliphatic heterocycles. The van der Waals surface area contributed by atoms with Gasteiger partial charge < -0.3 is 5.32 Å². The first-order valence-electron chi connectivity index (χ1n) is 7.53. The first kappa shape index (κ1) is 16.6. The highest BCUT2D eigenvalue weighted by molar-refractivity contribution is 7.89. The van der Waals surface area contributed by atoms with Gasteiger partial charge in [0.25, 0.3) is 5.69 Å². The highest BCUT2D eigenvalue weighted by Crippen LogP contribution is 2.23. The maximum atomic E-state index is 12.4. The van der Waals surface area contributed by atoms with Gasteiger partial charge in [0.2, 0.25) is 10.0 Å². The fraction of sp³-hybridized carbons (Fsp3) is 0.250. The Labute approximate surface area is 139 Å². The van der Waals surface area contributed by atoms with E-state index in [2.05, 4.69) is 10.0 Å². The van der Waals surface area contributed by atoms with Crippen LogP contribution < -0.4 is 10.0 Å². The number of nitrogens with zero attached hydrogens (tertiary/aromatic N) is 1. The molecular weight excluding hydrogens is 330 g/mol. The van der Waals surface area contributed by atoms with Crippen molar-refractivity contribution in [3.05, 3.63) is 69.8 Å². The third-order valence-corrected chi connectivity index (χ3v) is 5.45. The van der Waals surface area contributed by atoms with Crippen LogP contribution in [0.1, 0.15) is 17.2 Å². The van der Waals surface area contributed by atoms with E-state index in [1.807, 2.05) is 24.3 Å². The molecule has 8 heteroatoms. The van der Waals surface area contributed by atoms with Crippen LogP contribution in [-0.4, -0.2) is 26.4 Å². The number of nitrogens with one attached hydrogen (secondary N) is 2. The van der Waals surface area contributed by atoms with Gasteiger partial charge in [-0.25, -0.2) is 13.1 Å². The number of non-ortho nitro benzene ring substituents is 1. The van der Waals surface area contributed by atoms with Gasteiger partial charge in [0.1, 0.15) is 0 Å². The predicted molar refractivity (Wildman–Crippen MR) is 89.2 cm³/mol. The zero-order chi connectivity index (χ0) is 17.2. The molecule has 2 N–H and O–H groups in total. The van der Waals surface area contributed by atoms with E-state index < -0.39 is 14.9 Å². The van der Waals surface area contributed by atoms with E-state index in [1.165, 1.54) is 23.8 Å². The van der Waals surface area contributed by atoms with Crippen LogP contribution in [0.2, 0.25) is 0 Å². The minimum absolute atomic E-state index is 0.110. The van der Waals surface area contributed by atoms with E-state index in [4.69, 9.17) is 0 Å². The summed E-state index contributed by atoms with van der Waals surface area (Å²) < 4.78 is 27.3. The molecule has 126 valence electrons. The molecular formula is C16H17N3O4S. The Morgan fingerprint density at radius 2 is 2.00 bits per heavy atom. The summed E-state index contributed by atoms with van der Waals surface area (Å²) in [6.45, 7) is 0.961. The van der Waals surface area contributed by atoms with Gasteiger partial charge in [-0.15, -0.1) is 0 Å². The van der Waals surface area contributed by atoms with E-state index in [1.54, 1.807) is 0 Å². The number of fused-ring (bicyclic) bond motifs is 1. The molecule has 1 heterocycles. The van der Waals surface area contributed by atoms with Crippen LogP contribution in [0.5, 0.6) is 0 Å². The Morgan fingerprint density at radius 3 is 2.79 bits per heavy atom. The largest absolute Gasteiger partial charge is 0.308 e. The van der Waals surface area contributed by atoms with Crippen molar-refractivity contribution < 1.29 is 13.3 Å². The lowest BCUT2D eigenvalue weighted by Gasteiger charge is -2.27. The molecule has 24 heavy (non-hydrogen) atoms. The maximum Gasteiger partial charge on any atom is 0.270 e. The van der Waals surface area contributed by atoms with Crippen LogP contribution in [-0.2, 0) is 16.4 Å². The fourth-order valence-electron chi connectivity index (χ4n) is 2.82. The molecule has 1 atom stereocenters. The van der Waals surface area contributed by atoms with Gasteiger partial charge in [-0.2, -0.15) is 0 Å². The zero-order valence-electron chi connectivity index (χ0n) is 12.8. The summed E-state index contributed by atoms with van der Waals surface area (Å²) in [6.07, 6.45) is 0.907. The second-order valence-corrected chi connectivity index (χ2v) is 7.33. The molecule has 2 aromatic rings. The lowest BCUT2D eigenvalue weighted by molar-refractivity contribution is -0.385. The van der Waals surface area contributed by atoms with Gasteiger partial charge in [-0.1, -0.05) is 30.3 Å². The van der Waals surface area contributed by atoms with E-state index in [9.17, 15) is 18.5 Å². The van der Waals surface area contributed by atoms with E-state index >= 15 is 0 Å². The first-order valence-corrected chi connectivity index (χ1v) is 9.01. The van der Waals surface area contributed by atoms with E-state index in [-0.39, 0.29) is 23.2 Å². The van der Waals surface area contributed by atoms with Crippen molar-refractivity contribution >= 4 is 15.7 Å². The molecule has 1 unspecified atom stereocenters. The normalized spacial score (nSPS) is 17.2. The minimum Gasteiger partial charge on any atom is -0.308 e. The van der Waals surface area contributed by atoms with Crippen molar-refractivity contribution in [3.63, 3.8) is 0 Å². The van der Waals surface area contributed by atoms with Crippen molar-refractivity contribution in [2.45, 2.75) is 17.4 Å². The van der Waals surface area contributed by atoms with Crippen LogP contribution in [0.3, 0.4) is 0 Å². The fourth-order valence-corrected chi connectivity index (χ4v) is 3.90. The number of rotatable bonds is 5. The van der Waals surface area contributed by atoms with Gasteiger partial charge in [-0.3, -0.25) is 10.1 Å². The molecule has 7 nitrogen and oxygen atoms in total. The Morgan fingerprint density at radius 1 is 1.21 bits per heavy atom. The maximum absolute atomic E-state index is 12.4. The summed E-state index contributed by atoms with van der Waals surface area (Å²) in [5.74, 6) is 0. The van der Waals surface area contributed by atoms with Crippen LogP contribution >= 0.6 is 0 Å². The highest BCUT2D eigenvalue weighted by Gasteiger charge is 2.23. The van der Waals surface area contributed by atoms with Gasteiger partial charge in [-0.05, 0) is 30.2 Å². The molecule has 0 radical (unpaired) electrons. The smallest absolute Gasteiger partial charge is 0.270 e. The Kier molecular flexibility index (Phi) is 4.61. The number of benzene rings is 2. The number of hydrogen-bond acceptors (Lipinski definition) is 5. The zero-order valence-corrected chi connectivity index (χ0v) is 13.6. The molecule has 0 aliphatic carbocycles. The van der Waals surface area contributed by atoms with Crippen molar-refractivity contribution in [2.24, 2.45) is 0 Å². The molecule has 0 spiro atoms. The Hall–Kier alpha value is -2.29. The average Bonchev–Trinajstić information content (AvgIpc) is 2.60. The topological polar surface area (TPSA) is 101 Å². The van der Waals surface area contributed by atoms with Crippen LogP contribution in [0.4, 0.5) is 5.69 Å². The Bertz CT molecular complexity index is 867. The monoisotopic (exact) mass is 347 g/mol. The van der Waals surface area contributed by atoms with Crippen molar-refractivity contribution in [3.8, 4) is 0 Å². The minimum atomic E-state index is -3.81. The molecule has 0 aromatic heterocycles. The van der Waals surface area contributed by atoms with Gasteiger partial charge in [0.05, 0.1) is 9.82 Å². The number of nitro benzene ring substituents is 1. The lowest BCUT2D eigenvalue weighted by Crippen LogP contribution is -2.38. The molecule has 0 saturated carbocycles. The van der Waals surface area contributed by atoms with E-state index in [0.29, 0.717) is 0 Å². The molecule has 3 rings (SSSR count). The summed E-state index contributed by atoms with van der Waals surface area (Å²) in [4.78, 5) is 10.1. The molecule has 0 fully saturated rings. The summed E-state index contributed by atoms with van der Waals surface area (Å²) in [6, 6.07) is 12.8. The molecule has 0 saturated heterocycles. The van der Waals surface area contributed by atoms with Crippen molar-refractivity contribution in [1.82, 2.24) is 10.0 Å². The molecule has 0 amide bonds. The van der Waals surface area contributed by atoms with Crippen molar-refractivity contribution in [2.75, 3.05) is 13.1 Å². The quantitative estimate of drug-likeness (QED) is 0.634. The molecule has 0 bridgehead atoms. The SMILES string of the molecule is O=[N+]([O-])c1cccc(S(=O)(=O)NCC2NCCc3ccccc32)c1. The highest BCUT2D eigenvalue weighted by atomic mass is 32.2. The second-order valence-electron chi connectivity index (χ2n) is 5.56. The van der Waals surface area contributed by atoms with Gasteiger partial charge in [0.15, 0.2) is 0 Å². The summed E-state index contributed by atoms with van der Waals surface area (Å²) in [5.41, 5.74) is 2.03. The Balaban J connectivity index is 1.77. The first-order chi connectivity index (χ1) is 11.5. The van der Waals surface area contributed by atoms with Gasteiger partial charge in [0, 0.05) is 24.7 Å². The third-order valence-electron chi connectivity index (χ3n) is 4.03. The van der Waals surface area contributed by atoms with Crippen LogP contribution in [0, 0.1) is 10.1 Å². The lowest BCUT2D eigenvalue weighted by atomic mass is 9.95. The second kappa shape index (κ2) is 6.68. The average molecular weight is 347 g/mol. The summed E-state index contributed by atoms with van der Waals surface area (Å²) >= 11 is 0. The van der Waals surface area contributed by atoms with Crippen LogP contribution in [0.25, 0.3) is 0 Å². The predicted octanol–water partition coefficient (Wildman–Crippen LogP) is 1.76. The number of nitro groups is 1. The summed E-state index contributed by atoms with van der Waals surface area (Å²) in [7, 11) is -3.81. The number of hydrogen-bond donors (Lipinski definition) is 2. The van der Waals surface area contributed by atoms with Gasteiger partial charge >= 0.3 is 0 Å². The van der Waals surface area contributed by atoms with Crippen molar-refractivity contribution in [1.29, 1.82) is 0 Å². The summed E-state index contributed by atoms with van der Waals surface area (Å²) in [5, 5.41) is 14.1. The number of sulfonamides is 1.